The summed E-state index contributed by atoms with van der Waals surface area (Å²) in [5.41, 5.74) is 3.38. The zero-order valence-corrected chi connectivity index (χ0v) is 27.2. The fourth-order valence-corrected chi connectivity index (χ4v) is 6.74. The first kappa shape index (κ1) is 31.4. The number of carbonyl (C=O) groups is 1. The van der Waals surface area contributed by atoms with E-state index in [9.17, 15) is 9.59 Å². The van der Waals surface area contributed by atoms with Gasteiger partial charge in [-0.1, -0.05) is 113 Å². The van der Waals surface area contributed by atoms with E-state index in [-0.39, 0.29) is 18.8 Å². The maximum absolute atomic E-state index is 14.2. The lowest BCUT2D eigenvalue weighted by molar-refractivity contribution is -0.138. The van der Waals surface area contributed by atoms with E-state index in [1.807, 2.05) is 78.9 Å². The topological polar surface area (TPSA) is 79.1 Å². The Morgan fingerprint density at radius 2 is 1.65 bits per heavy atom. The molecule has 0 N–H and O–H groups in total. The molecule has 0 radical (unpaired) electrons. The van der Waals surface area contributed by atoms with Gasteiger partial charge in [0.1, 0.15) is 6.61 Å². The SMILES string of the molecule is CCOC(=O)C1=C(c2ccccc2)N=c2s/c(=C\c3cc(Cl)c(OCc4ccccc4Cl)c(OC)c3)c(=O)n2[C@@H]1c1ccccc1. The zero-order valence-electron chi connectivity index (χ0n) is 24.9. The van der Waals surface area contributed by atoms with Gasteiger partial charge >= 0.3 is 5.97 Å². The van der Waals surface area contributed by atoms with Crippen LogP contribution < -0.4 is 24.4 Å². The van der Waals surface area contributed by atoms with E-state index in [4.69, 9.17) is 42.4 Å². The van der Waals surface area contributed by atoms with Crippen LogP contribution in [0.3, 0.4) is 0 Å². The molecule has 4 aromatic carbocycles. The van der Waals surface area contributed by atoms with Gasteiger partial charge in [0.25, 0.3) is 5.56 Å². The van der Waals surface area contributed by atoms with E-state index < -0.39 is 12.0 Å². The van der Waals surface area contributed by atoms with Gasteiger partial charge in [-0.15, -0.1) is 0 Å². The normalized spacial score (nSPS) is 14.4. The van der Waals surface area contributed by atoms with Crippen LogP contribution in [0.25, 0.3) is 11.8 Å². The number of methoxy groups -OCH3 is 1. The number of benzene rings is 4. The van der Waals surface area contributed by atoms with Crippen LogP contribution in [0.2, 0.25) is 10.0 Å². The molecule has 6 rings (SSSR count). The van der Waals surface area contributed by atoms with Gasteiger partial charge in [-0.25, -0.2) is 9.79 Å². The highest BCUT2D eigenvalue weighted by Crippen LogP contribution is 2.38. The number of thiazole rings is 1. The van der Waals surface area contributed by atoms with Gasteiger partial charge in [-0.2, -0.15) is 0 Å². The fraction of sp³-hybridized carbons (Fsp3) is 0.139. The standard InChI is InChI=1S/C36H28Cl2N2O5S/c1-3-44-35(42)30-31(23-12-6-4-7-13-23)39-36-40(32(30)24-14-8-5-9-15-24)34(41)29(46-36)20-22-18-27(38)33(28(19-22)43-2)45-21-25-16-10-11-17-26(25)37/h4-20,32H,3,21H2,1-2H3/b29-20-/t32-/m1/s1. The molecular formula is C36H28Cl2N2O5S. The summed E-state index contributed by atoms with van der Waals surface area (Å²) in [6.45, 7) is 2.12. The summed E-state index contributed by atoms with van der Waals surface area (Å²) in [5.74, 6) is 0.229. The molecule has 1 aliphatic rings. The first-order valence-corrected chi connectivity index (χ1v) is 16.0. The Morgan fingerprint density at radius 3 is 2.35 bits per heavy atom. The Bertz CT molecular complexity index is 2130. The lowest BCUT2D eigenvalue weighted by Crippen LogP contribution is -2.39. The lowest BCUT2D eigenvalue weighted by atomic mass is 9.93. The minimum Gasteiger partial charge on any atom is -0.493 e. The predicted molar refractivity (Wildman–Crippen MR) is 181 cm³/mol. The number of carbonyl (C=O) groups excluding carboxylic acids is 1. The minimum atomic E-state index is -0.757. The Kier molecular flexibility index (Phi) is 9.40. The molecule has 0 saturated heterocycles. The lowest BCUT2D eigenvalue weighted by Gasteiger charge is -2.25. The number of hydrogen-bond acceptors (Lipinski definition) is 7. The predicted octanol–water partition coefficient (Wildman–Crippen LogP) is 6.83. The van der Waals surface area contributed by atoms with E-state index in [0.29, 0.717) is 47.7 Å². The highest BCUT2D eigenvalue weighted by atomic mass is 35.5. The molecule has 1 aliphatic heterocycles. The fourth-order valence-electron chi connectivity index (χ4n) is 5.27. The van der Waals surface area contributed by atoms with Crippen LogP contribution in [0.1, 0.15) is 35.2 Å². The molecule has 0 spiro atoms. The summed E-state index contributed by atoms with van der Waals surface area (Å²) >= 11 is 14.2. The summed E-state index contributed by atoms with van der Waals surface area (Å²) < 4.78 is 19.1. The first-order valence-electron chi connectivity index (χ1n) is 14.5. The maximum atomic E-state index is 14.2. The summed E-state index contributed by atoms with van der Waals surface area (Å²) in [6, 6.07) is 28.9. The molecule has 5 aromatic rings. The highest BCUT2D eigenvalue weighted by Gasteiger charge is 2.35. The van der Waals surface area contributed by atoms with Crippen LogP contribution in [-0.2, 0) is 16.1 Å². The van der Waals surface area contributed by atoms with E-state index in [0.717, 1.165) is 16.7 Å². The van der Waals surface area contributed by atoms with Gasteiger partial charge in [-0.3, -0.25) is 9.36 Å². The van der Waals surface area contributed by atoms with Crippen molar-refractivity contribution in [3.8, 4) is 11.5 Å². The average Bonchev–Trinajstić information content (AvgIpc) is 3.38. The van der Waals surface area contributed by atoms with Crippen molar-refractivity contribution in [3.63, 3.8) is 0 Å². The summed E-state index contributed by atoms with van der Waals surface area (Å²) in [5, 5.41) is 0.892. The van der Waals surface area contributed by atoms with Gasteiger partial charge in [0.15, 0.2) is 16.3 Å². The third-order valence-electron chi connectivity index (χ3n) is 7.37. The second-order valence-corrected chi connectivity index (χ2v) is 12.1. The molecular weight excluding hydrogens is 643 g/mol. The van der Waals surface area contributed by atoms with Gasteiger partial charge in [-0.05, 0) is 42.3 Å². The van der Waals surface area contributed by atoms with E-state index >= 15 is 0 Å². The Labute approximate surface area is 279 Å². The largest absolute Gasteiger partial charge is 0.493 e. The van der Waals surface area contributed by atoms with Crippen molar-refractivity contribution < 1.29 is 19.0 Å². The number of esters is 1. The summed E-state index contributed by atoms with van der Waals surface area (Å²) in [7, 11) is 1.52. The van der Waals surface area contributed by atoms with Crippen molar-refractivity contribution >= 4 is 52.3 Å². The van der Waals surface area contributed by atoms with Crippen molar-refractivity contribution in [2.75, 3.05) is 13.7 Å². The minimum absolute atomic E-state index is 0.178. The molecule has 0 aliphatic carbocycles. The van der Waals surface area contributed by atoms with Crippen LogP contribution in [0.15, 0.2) is 112 Å². The van der Waals surface area contributed by atoms with Crippen LogP contribution in [0.4, 0.5) is 0 Å². The molecule has 1 aromatic heterocycles. The van der Waals surface area contributed by atoms with Crippen LogP contribution in [0, 0.1) is 0 Å². The number of ether oxygens (including phenoxy) is 3. The zero-order chi connectivity index (χ0) is 32.2. The Morgan fingerprint density at radius 1 is 0.957 bits per heavy atom. The van der Waals surface area contributed by atoms with Gasteiger partial charge in [0.05, 0.1) is 40.6 Å². The summed E-state index contributed by atoms with van der Waals surface area (Å²) in [6.07, 6.45) is 1.73. The van der Waals surface area contributed by atoms with Gasteiger partial charge in [0, 0.05) is 16.1 Å². The molecule has 0 bridgehead atoms. The van der Waals surface area contributed by atoms with Crippen molar-refractivity contribution in [2.24, 2.45) is 4.99 Å². The Balaban J connectivity index is 1.49. The molecule has 7 nitrogen and oxygen atoms in total. The average molecular weight is 672 g/mol. The van der Waals surface area contributed by atoms with Gasteiger partial charge < -0.3 is 14.2 Å². The van der Waals surface area contributed by atoms with Crippen LogP contribution in [0.5, 0.6) is 11.5 Å². The van der Waals surface area contributed by atoms with Crippen molar-refractivity contribution in [3.05, 3.63) is 155 Å². The molecule has 2 heterocycles. The number of nitrogens with zero attached hydrogens (tertiary/aromatic N) is 2. The first-order chi connectivity index (χ1) is 22.4. The van der Waals surface area contributed by atoms with Crippen molar-refractivity contribution in [1.29, 1.82) is 0 Å². The number of halogens is 2. The number of rotatable bonds is 9. The van der Waals surface area contributed by atoms with Crippen LogP contribution >= 0.6 is 34.5 Å². The second kappa shape index (κ2) is 13.8. The number of fused-ring (bicyclic) bond motifs is 1. The highest BCUT2D eigenvalue weighted by molar-refractivity contribution is 7.07. The third kappa shape index (κ3) is 6.24. The molecule has 0 fully saturated rings. The van der Waals surface area contributed by atoms with Gasteiger partial charge in [0.2, 0.25) is 0 Å². The van der Waals surface area contributed by atoms with Crippen molar-refractivity contribution in [1.82, 2.24) is 4.57 Å². The molecule has 1 atom stereocenters. The summed E-state index contributed by atoms with van der Waals surface area (Å²) in [4.78, 5) is 33.1. The monoisotopic (exact) mass is 670 g/mol. The van der Waals surface area contributed by atoms with E-state index in [1.54, 1.807) is 35.8 Å². The second-order valence-electron chi connectivity index (χ2n) is 10.3. The molecule has 232 valence electrons. The Hall–Kier alpha value is -4.63. The molecule has 0 unspecified atom stereocenters. The third-order valence-corrected chi connectivity index (χ3v) is 9.00. The number of hydrogen-bond donors (Lipinski definition) is 0. The van der Waals surface area contributed by atoms with Crippen LogP contribution in [-0.4, -0.2) is 24.3 Å². The van der Waals surface area contributed by atoms with Crippen molar-refractivity contribution in [2.45, 2.75) is 19.6 Å². The molecule has 0 amide bonds. The van der Waals surface area contributed by atoms with E-state index in [2.05, 4.69) is 0 Å². The number of aromatic nitrogens is 1. The molecule has 46 heavy (non-hydrogen) atoms. The molecule has 10 heteroatoms. The quantitative estimate of drug-likeness (QED) is 0.161. The smallest absolute Gasteiger partial charge is 0.338 e. The van der Waals surface area contributed by atoms with E-state index in [1.165, 1.54) is 18.4 Å². The maximum Gasteiger partial charge on any atom is 0.338 e. The molecule has 0 saturated carbocycles.